The van der Waals surface area contributed by atoms with E-state index in [-0.39, 0.29) is 14.9 Å². The van der Waals surface area contributed by atoms with Crippen LogP contribution in [0, 0.1) is 20.8 Å². The van der Waals surface area contributed by atoms with E-state index >= 15 is 0 Å². The van der Waals surface area contributed by atoms with Gasteiger partial charge in [-0.3, -0.25) is 4.72 Å². The van der Waals surface area contributed by atoms with Gasteiger partial charge in [0.2, 0.25) is 0 Å². The van der Waals surface area contributed by atoms with Crippen molar-refractivity contribution < 1.29 is 8.42 Å². The molecule has 0 radical (unpaired) electrons. The fourth-order valence-electron chi connectivity index (χ4n) is 2.22. The molecule has 0 aliphatic carbocycles. The quantitative estimate of drug-likeness (QED) is 0.876. The summed E-state index contributed by atoms with van der Waals surface area (Å²) in [5.41, 5.74) is 3.39. The first-order chi connectivity index (χ1) is 9.69. The van der Waals surface area contributed by atoms with Crippen molar-refractivity contribution in [2.24, 2.45) is 0 Å². The highest BCUT2D eigenvalue weighted by atomic mass is 35.5. The van der Waals surface area contributed by atoms with Crippen LogP contribution < -0.4 is 4.72 Å². The molecule has 0 unspecified atom stereocenters. The van der Waals surface area contributed by atoms with Crippen molar-refractivity contribution in [3.63, 3.8) is 0 Å². The number of benzene rings is 2. The van der Waals surface area contributed by atoms with Gasteiger partial charge in [0, 0.05) is 10.0 Å². The molecular weight excluding hydrogens is 329 g/mol. The lowest BCUT2D eigenvalue weighted by molar-refractivity contribution is 0.601. The van der Waals surface area contributed by atoms with Gasteiger partial charge in [-0.15, -0.1) is 0 Å². The van der Waals surface area contributed by atoms with Crippen molar-refractivity contribution in [3.05, 3.63) is 57.1 Å². The Morgan fingerprint density at radius 3 is 1.81 bits per heavy atom. The van der Waals surface area contributed by atoms with E-state index in [4.69, 9.17) is 23.2 Å². The third kappa shape index (κ3) is 3.70. The van der Waals surface area contributed by atoms with E-state index in [2.05, 4.69) is 4.72 Å². The number of nitrogens with one attached hydrogen (secondary N) is 1. The first-order valence-electron chi connectivity index (χ1n) is 6.26. The van der Waals surface area contributed by atoms with Gasteiger partial charge < -0.3 is 0 Å². The van der Waals surface area contributed by atoms with Crippen molar-refractivity contribution in [2.75, 3.05) is 4.72 Å². The molecule has 0 saturated heterocycles. The van der Waals surface area contributed by atoms with Crippen LogP contribution in [0.15, 0.2) is 35.2 Å². The lowest BCUT2D eigenvalue weighted by Gasteiger charge is -2.14. The fourth-order valence-corrected chi connectivity index (χ4v) is 4.15. The summed E-state index contributed by atoms with van der Waals surface area (Å²) < 4.78 is 27.5. The molecule has 6 heteroatoms. The topological polar surface area (TPSA) is 46.2 Å². The molecular formula is C15H15Cl2NO2S. The number of halogens is 2. The number of hydrogen-bond acceptors (Lipinski definition) is 2. The summed E-state index contributed by atoms with van der Waals surface area (Å²) in [4.78, 5) is 0.0411. The largest absolute Gasteiger partial charge is 0.279 e. The molecule has 0 saturated carbocycles. The Morgan fingerprint density at radius 1 is 0.857 bits per heavy atom. The van der Waals surface area contributed by atoms with Crippen LogP contribution in [0.4, 0.5) is 5.69 Å². The van der Waals surface area contributed by atoms with Crippen LogP contribution in [0.5, 0.6) is 0 Å². The second-order valence-corrected chi connectivity index (χ2v) is 7.54. The van der Waals surface area contributed by atoms with Gasteiger partial charge in [0.05, 0.1) is 10.6 Å². The van der Waals surface area contributed by atoms with Crippen LogP contribution in [0.2, 0.25) is 10.0 Å². The monoisotopic (exact) mass is 343 g/mol. The fraction of sp³-hybridized carbons (Fsp3) is 0.200. The summed E-state index contributed by atoms with van der Waals surface area (Å²) in [6.07, 6.45) is 0. The zero-order chi connectivity index (χ0) is 15.8. The summed E-state index contributed by atoms with van der Waals surface area (Å²) in [5.74, 6) is 0. The maximum atomic E-state index is 12.5. The molecule has 112 valence electrons. The average Bonchev–Trinajstić information content (AvgIpc) is 2.32. The molecule has 3 nitrogen and oxygen atoms in total. The second-order valence-electron chi connectivity index (χ2n) is 4.98. The molecule has 0 bridgehead atoms. The molecule has 0 amide bonds. The number of rotatable bonds is 3. The lowest BCUT2D eigenvalue weighted by atomic mass is 10.1. The minimum atomic E-state index is -3.74. The van der Waals surface area contributed by atoms with Crippen LogP contribution in [0.3, 0.4) is 0 Å². The minimum absolute atomic E-state index is 0.0411. The van der Waals surface area contributed by atoms with Gasteiger partial charge in [-0.05, 0) is 50.1 Å². The van der Waals surface area contributed by atoms with E-state index in [1.54, 1.807) is 0 Å². The highest BCUT2D eigenvalue weighted by molar-refractivity contribution is 7.92. The molecule has 0 atom stereocenters. The molecule has 0 fully saturated rings. The van der Waals surface area contributed by atoms with Crippen molar-refractivity contribution in [2.45, 2.75) is 25.7 Å². The van der Waals surface area contributed by atoms with Crippen molar-refractivity contribution in [3.8, 4) is 0 Å². The molecule has 0 aliphatic heterocycles. The maximum absolute atomic E-state index is 12.5. The van der Waals surface area contributed by atoms with Gasteiger partial charge in [-0.1, -0.05) is 40.9 Å². The van der Waals surface area contributed by atoms with Crippen molar-refractivity contribution >= 4 is 38.9 Å². The highest BCUT2D eigenvalue weighted by Gasteiger charge is 2.18. The van der Waals surface area contributed by atoms with Crippen LogP contribution in [-0.4, -0.2) is 8.42 Å². The Bertz CT molecular complexity index is 758. The van der Waals surface area contributed by atoms with Gasteiger partial charge in [0.1, 0.15) is 0 Å². The number of anilines is 1. The Labute approximate surface area is 135 Å². The van der Waals surface area contributed by atoms with Crippen LogP contribution in [-0.2, 0) is 10.0 Å². The molecule has 1 N–H and O–H groups in total. The smallest absolute Gasteiger partial charge is 0.262 e. The number of aryl methyl sites for hydroxylation is 3. The molecule has 21 heavy (non-hydrogen) atoms. The summed E-state index contributed by atoms with van der Waals surface area (Å²) >= 11 is 11.7. The zero-order valence-corrected chi connectivity index (χ0v) is 14.2. The molecule has 2 aromatic rings. The van der Waals surface area contributed by atoms with Crippen LogP contribution >= 0.6 is 23.2 Å². The van der Waals surface area contributed by atoms with Crippen LogP contribution in [0.25, 0.3) is 0 Å². The molecule has 0 spiro atoms. The van der Waals surface area contributed by atoms with Gasteiger partial charge in [0.25, 0.3) is 10.0 Å². The summed E-state index contributed by atoms with van der Waals surface area (Å²) in [6, 6.07) is 8.08. The van der Waals surface area contributed by atoms with E-state index in [1.807, 2.05) is 32.9 Å². The predicted molar refractivity (Wildman–Crippen MR) is 87.9 cm³/mol. The number of sulfonamides is 1. The first-order valence-corrected chi connectivity index (χ1v) is 8.50. The van der Waals surface area contributed by atoms with E-state index in [9.17, 15) is 8.42 Å². The summed E-state index contributed by atoms with van der Waals surface area (Å²) in [6.45, 7) is 5.70. The number of hydrogen-bond donors (Lipinski definition) is 1. The predicted octanol–water partition coefficient (Wildman–Crippen LogP) is 4.72. The maximum Gasteiger partial charge on any atom is 0.262 e. The summed E-state index contributed by atoms with van der Waals surface area (Å²) in [7, 11) is -3.74. The first kappa shape index (κ1) is 16.1. The summed E-state index contributed by atoms with van der Waals surface area (Å²) in [5, 5.41) is 0.556. The molecule has 0 aliphatic rings. The highest BCUT2D eigenvalue weighted by Crippen LogP contribution is 2.27. The third-order valence-corrected chi connectivity index (χ3v) is 4.83. The average molecular weight is 344 g/mol. The lowest BCUT2D eigenvalue weighted by Crippen LogP contribution is -2.15. The third-order valence-electron chi connectivity index (χ3n) is 3.06. The van der Waals surface area contributed by atoms with Crippen LogP contribution in [0.1, 0.15) is 16.7 Å². The Hall–Kier alpha value is -1.23. The molecule has 2 rings (SSSR count). The zero-order valence-electron chi connectivity index (χ0n) is 11.9. The van der Waals surface area contributed by atoms with E-state index in [1.165, 1.54) is 18.2 Å². The molecule has 0 aromatic heterocycles. The van der Waals surface area contributed by atoms with E-state index < -0.39 is 10.0 Å². The normalized spacial score (nSPS) is 11.5. The van der Waals surface area contributed by atoms with Gasteiger partial charge in [-0.25, -0.2) is 8.42 Å². The van der Waals surface area contributed by atoms with E-state index in [0.29, 0.717) is 5.69 Å². The van der Waals surface area contributed by atoms with Gasteiger partial charge >= 0.3 is 0 Å². The van der Waals surface area contributed by atoms with Gasteiger partial charge in [-0.2, -0.15) is 0 Å². The Kier molecular flexibility index (Phi) is 4.51. The van der Waals surface area contributed by atoms with E-state index in [0.717, 1.165) is 16.7 Å². The molecule has 2 aromatic carbocycles. The Balaban J connectivity index is 2.47. The van der Waals surface area contributed by atoms with Gasteiger partial charge in [0.15, 0.2) is 0 Å². The Morgan fingerprint density at radius 2 is 1.33 bits per heavy atom. The van der Waals surface area contributed by atoms with Crippen molar-refractivity contribution in [1.82, 2.24) is 0 Å². The second kappa shape index (κ2) is 5.87. The SMILES string of the molecule is Cc1cc(C)c(NS(=O)(=O)c2cc(Cl)cc(Cl)c2)c(C)c1. The molecule has 0 heterocycles. The van der Waals surface area contributed by atoms with Crippen molar-refractivity contribution in [1.29, 1.82) is 0 Å². The minimum Gasteiger partial charge on any atom is -0.279 e. The standard InChI is InChI=1S/C15H15Cl2NO2S/c1-9-4-10(2)15(11(3)5-9)18-21(19,20)14-7-12(16)6-13(17)8-14/h4-8,18H,1-3H3.